The first kappa shape index (κ1) is 26.0. The number of aliphatic hydroxyl groups is 2. The van der Waals surface area contributed by atoms with Crippen LogP contribution in [0.5, 0.6) is 17.2 Å². The Hall–Kier alpha value is -3.29. The molecule has 1 aromatic rings. The molecular weight excluding hydrogens is 428 g/mol. The Bertz CT molecular complexity index is 1070. The molecule has 0 spiro atoms. The fourth-order valence-corrected chi connectivity index (χ4v) is 4.10. The predicted octanol–water partition coefficient (Wildman–Crippen LogP) is 4.54. The number of carbonyl (C=O) groups is 3. The van der Waals surface area contributed by atoms with Gasteiger partial charge in [0.05, 0.1) is 12.5 Å². The van der Waals surface area contributed by atoms with E-state index in [9.17, 15) is 34.8 Å². The van der Waals surface area contributed by atoms with E-state index in [1.54, 1.807) is 6.92 Å². The second-order valence-electron chi connectivity index (χ2n) is 8.81. The Labute approximate surface area is 193 Å². The molecule has 0 unspecified atom stereocenters. The molecule has 0 amide bonds. The van der Waals surface area contributed by atoms with Crippen LogP contribution in [0.15, 0.2) is 22.7 Å². The van der Waals surface area contributed by atoms with Crippen molar-refractivity contribution in [3.63, 3.8) is 0 Å². The highest BCUT2D eigenvalue weighted by Crippen LogP contribution is 2.44. The Balaban J connectivity index is 2.34. The van der Waals surface area contributed by atoms with Gasteiger partial charge in [0.2, 0.25) is 0 Å². The summed E-state index contributed by atoms with van der Waals surface area (Å²) in [4.78, 5) is 38.1. The topological polar surface area (TPSA) is 141 Å². The predicted molar refractivity (Wildman–Crippen MR) is 122 cm³/mol. The van der Waals surface area contributed by atoms with Crippen LogP contribution in [0.25, 0.3) is 0 Å². The quantitative estimate of drug-likeness (QED) is 0.311. The zero-order valence-electron chi connectivity index (χ0n) is 20.0. The number of methoxy groups -OCH3 is 1. The van der Waals surface area contributed by atoms with Gasteiger partial charge in [-0.3, -0.25) is 14.4 Å². The van der Waals surface area contributed by atoms with Crippen LogP contribution in [0.1, 0.15) is 74.9 Å². The van der Waals surface area contributed by atoms with Gasteiger partial charge in [0.15, 0.2) is 17.3 Å². The van der Waals surface area contributed by atoms with Crippen molar-refractivity contribution in [2.24, 2.45) is 5.41 Å². The van der Waals surface area contributed by atoms with Gasteiger partial charge in [-0.2, -0.15) is 0 Å². The van der Waals surface area contributed by atoms with Crippen LogP contribution < -0.4 is 4.74 Å². The van der Waals surface area contributed by atoms with Gasteiger partial charge >= 0.3 is 0 Å². The molecule has 0 aliphatic heterocycles. The number of rotatable bonds is 9. The van der Waals surface area contributed by atoms with Crippen LogP contribution in [0, 0.1) is 12.3 Å². The fourth-order valence-electron chi connectivity index (χ4n) is 4.10. The van der Waals surface area contributed by atoms with Crippen LogP contribution in [0.2, 0.25) is 0 Å². The summed E-state index contributed by atoms with van der Waals surface area (Å²) in [6.07, 6.45) is 0.783. The average molecular weight is 461 g/mol. The number of allylic oxidation sites excluding steroid dienone is 3. The maximum atomic E-state index is 12.8. The SMILES string of the molecule is CCCC(=O)c1c(O)c(CCCC(=O)C2=C(O)C(C)=C(O)C(C)(C)C2=O)c(O)c(C)c1OC. The third-order valence-electron chi connectivity index (χ3n) is 6.13. The van der Waals surface area contributed by atoms with Crippen molar-refractivity contribution in [1.29, 1.82) is 0 Å². The smallest absolute Gasteiger partial charge is 0.183 e. The van der Waals surface area contributed by atoms with E-state index in [4.69, 9.17) is 4.74 Å². The number of benzene rings is 1. The standard InChI is InChI=1S/C25H32O8/c1-7-9-15(26)17-21(30)14(19(28)12(2)22(17)33-6)10-8-11-16(27)18-20(29)13(3)23(31)25(4,5)24(18)32/h28-31H,7-11H2,1-6H3. The van der Waals surface area contributed by atoms with Gasteiger partial charge in [0.25, 0.3) is 0 Å². The Morgan fingerprint density at radius 3 is 2.12 bits per heavy atom. The van der Waals surface area contributed by atoms with Gasteiger partial charge in [-0.05, 0) is 47.0 Å². The highest BCUT2D eigenvalue weighted by Gasteiger charge is 2.43. The summed E-state index contributed by atoms with van der Waals surface area (Å²) in [6.45, 7) is 7.77. The Kier molecular flexibility index (Phi) is 7.62. The minimum atomic E-state index is -1.33. The molecule has 1 aliphatic rings. The molecule has 0 heterocycles. The summed E-state index contributed by atoms with van der Waals surface area (Å²) >= 11 is 0. The van der Waals surface area contributed by atoms with E-state index < -0.39 is 22.7 Å². The number of aromatic hydroxyl groups is 2. The molecule has 0 fully saturated rings. The van der Waals surface area contributed by atoms with E-state index in [0.29, 0.717) is 12.0 Å². The summed E-state index contributed by atoms with van der Waals surface area (Å²) in [5.74, 6) is -2.94. The average Bonchev–Trinajstić information content (AvgIpc) is 2.76. The van der Waals surface area contributed by atoms with Crippen molar-refractivity contribution < 1.29 is 39.5 Å². The lowest BCUT2D eigenvalue weighted by Gasteiger charge is -2.29. The van der Waals surface area contributed by atoms with Gasteiger partial charge < -0.3 is 25.2 Å². The van der Waals surface area contributed by atoms with E-state index in [1.165, 1.54) is 27.9 Å². The second kappa shape index (κ2) is 9.68. The number of phenolic OH excluding ortho intramolecular Hbond substituents is 2. The molecule has 8 nitrogen and oxygen atoms in total. The zero-order valence-corrected chi connectivity index (χ0v) is 20.0. The summed E-state index contributed by atoms with van der Waals surface area (Å²) < 4.78 is 5.25. The molecule has 0 saturated carbocycles. The van der Waals surface area contributed by atoms with Gasteiger partial charge in [0, 0.05) is 29.5 Å². The van der Waals surface area contributed by atoms with Crippen molar-refractivity contribution in [2.45, 2.75) is 66.7 Å². The third kappa shape index (κ3) is 4.47. The molecule has 8 heteroatoms. The zero-order chi connectivity index (χ0) is 25.2. The lowest BCUT2D eigenvalue weighted by atomic mass is 9.74. The number of ether oxygens (including phenoxy) is 1. The van der Waals surface area contributed by atoms with Gasteiger partial charge in [-0.15, -0.1) is 0 Å². The van der Waals surface area contributed by atoms with E-state index in [0.717, 1.165) is 0 Å². The number of carbonyl (C=O) groups excluding carboxylic acids is 3. The molecular formula is C25H32O8. The first-order valence-corrected chi connectivity index (χ1v) is 10.9. The molecule has 1 aromatic carbocycles. The lowest BCUT2D eigenvalue weighted by molar-refractivity contribution is -0.127. The van der Waals surface area contributed by atoms with Crippen LogP contribution in [0.3, 0.4) is 0 Å². The van der Waals surface area contributed by atoms with Crippen LogP contribution in [0.4, 0.5) is 0 Å². The summed E-state index contributed by atoms with van der Waals surface area (Å²) in [5.41, 5.74) is -1.22. The monoisotopic (exact) mass is 460 g/mol. The van der Waals surface area contributed by atoms with Gasteiger partial charge in [0.1, 0.15) is 39.9 Å². The molecule has 33 heavy (non-hydrogen) atoms. The highest BCUT2D eigenvalue weighted by molar-refractivity contribution is 6.24. The number of Topliss-reactive ketones (excluding diaryl/α,β-unsaturated/α-hetero) is 3. The highest BCUT2D eigenvalue weighted by atomic mass is 16.5. The molecule has 1 aliphatic carbocycles. The summed E-state index contributed by atoms with van der Waals surface area (Å²) in [5, 5.41) is 41.8. The first-order valence-electron chi connectivity index (χ1n) is 10.9. The molecule has 0 aromatic heterocycles. The molecule has 2 rings (SSSR count). The van der Waals surface area contributed by atoms with Crippen molar-refractivity contribution in [1.82, 2.24) is 0 Å². The molecule has 180 valence electrons. The number of aliphatic hydroxyl groups excluding tert-OH is 2. The number of hydrogen-bond donors (Lipinski definition) is 4. The number of hydrogen-bond acceptors (Lipinski definition) is 8. The number of phenols is 2. The maximum absolute atomic E-state index is 12.8. The normalized spacial score (nSPS) is 15.8. The lowest BCUT2D eigenvalue weighted by Crippen LogP contribution is -2.36. The Morgan fingerprint density at radius 2 is 1.58 bits per heavy atom. The van der Waals surface area contributed by atoms with E-state index in [-0.39, 0.29) is 76.7 Å². The van der Waals surface area contributed by atoms with Crippen molar-refractivity contribution in [3.8, 4) is 17.2 Å². The van der Waals surface area contributed by atoms with Crippen molar-refractivity contribution in [3.05, 3.63) is 39.4 Å². The third-order valence-corrected chi connectivity index (χ3v) is 6.13. The van der Waals surface area contributed by atoms with Crippen molar-refractivity contribution >= 4 is 17.3 Å². The van der Waals surface area contributed by atoms with Crippen LogP contribution in [-0.4, -0.2) is 44.9 Å². The van der Waals surface area contributed by atoms with Gasteiger partial charge in [-0.25, -0.2) is 0 Å². The van der Waals surface area contributed by atoms with Crippen LogP contribution in [-0.2, 0) is 16.0 Å². The van der Waals surface area contributed by atoms with Crippen LogP contribution >= 0.6 is 0 Å². The second-order valence-corrected chi connectivity index (χ2v) is 8.81. The van der Waals surface area contributed by atoms with E-state index >= 15 is 0 Å². The molecule has 0 bridgehead atoms. The summed E-state index contributed by atoms with van der Waals surface area (Å²) in [6, 6.07) is 0. The molecule has 0 saturated heterocycles. The van der Waals surface area contributed by atoms with E-state index in [2.05, 4.69) is 0 Å². The maximum Gasteiger partial charge on any atom is 0.183 e. The fraction of sp³-hybridized carbons (Fsp3) is 0.480. The minimum absolute atomic E-state index is 0.00299. The Morgan fingerprint density at radius 1 is 0.970 bits per heavy atom. The van der Waals surface area contributed by atoms with Gasteiger partial charge in [-0.1, -0.05) is 6.92 Å². The first-order chi connectivity index (χ1) is 15.3. The summed E-state index contributed by atoms with van der Waals surface area (Å²) in [7, 11) is 1.35. The van der Waals surface area contributed by atoms with Crippen molar-refractivity contribution in [2.75, 3.05) is 7.11 Å². The largest absolute Gasteiger partial charge is 0.511 e. The molecule has 4 N–H and O–H groups in total. The molecule has 0 atom stereocenters. The van der Waals surface area contributed by atoms with E-state index in [1.807, 2.05) is 6.92 Å². The number of ketones is 3. The minimum Gasteiger partial charge on any atom is -0.511 e. The molecule has 0 radical (unpaired) electrons.